The topological polar surface area (TPSA) is 22.0 Å². The number of nitrogens with zero attached hydrogens (tertiary/aromatic N) is 1. The van der Waals surface area contributed by atoms with Crippen LogP contribution in [0.2, 0.25) is 0 Å². The molecule has 0 aliphatic carbocycles. The molecule has 2 heterocycles. The van der Waals surface area contributed by atoms with Crippen LogP contribution in [-0.2, 0) is 6.42 Å². The quantitative estimate of drug-likeness (QED) is 0.558. The minimum absolute atomic E-state index is 0.514. The minimum atomic E-state index is 0.514. The fourth-order valence-electron chi connectivity index (χ4n) is 1.83. The van der Waals surface area contributed by atoms with Crippen LogP contribution >= 0.6 is 0 Å². The van der Waals surface area contributed by atoms with Crippen molar-refractivity contribution in [3.8, 4) is 0 Å². The number of aryl methyl sites for hydroxylation is 1. The molecule has 0 aromatic carbocycles. The van der Waals surface area contributed by atoms with Crippen molar-refractivity contribution in [3.05, 3.63) is 23.5 Å². The number of aldehydes is 1. The first-order valence-corrected chi connectivity index (χ1v) is 3.98. The predicted octanol–water partition coefficient (Wildman–Crippen LogP) is 1.81. The molecule has 0 N–H and O–H groups in total. The number of carbonyl (C=O) groups is 1. The lowest BCUT2D eigenvalue weighted by molar-refractivity contribution is 0.111. The second-order valence-corrected chi connectivity index (χ2v) is 3.13. The molecule has 58 valence electrons. The zero-order chi connectivity index (χ0) is 7.84. The van der Waals surface area contributed by atoms with Gasteiger partial charge in [0, 0.05) is 11.7 Å². The summed E-state index contributed by atoms with van der Waals surface area (Å²) in [5.41, 5.74) is 2.13. The largest absolute Gasteiger partial charge is 0.340 e. The average molecular weight is 149 g/mol. The highest BCUT2D eigenvalue weighted by Crippen LogP contribution is 2.27. The van der Waals surface area contributed by atoms with Crippen molar-refractivity contribution < 1.29 is 4.79 Å². The van der Waals surface area contributed by atoms with Gasteiger partial charge in [0.15, 0.2) is 6.29 Å². The fourth-order valence-corrected chi connectivity index (χ4v) is 1.83. The normalized spacial score (nSPS) is 21.7. The Bertz CT molecular complexity index is 288. The molecule has 1 unspecified atom stereocenters. The third kappa shape index (κ3) is 0.821. The molecule has 0 bridgehead atoms. The molecule has 11 heavy (non-hydrogen) atoms. The summed E-state index contributed by atoms with van der Waals surface area (Å²) in [4.78, 5) is 10.6. The predicted molar refractivity (Wildman–Crippen MR) is 42.9 cm³/mol. The first kappa shape index (κ1) is 6.65. The van der Waals surface area contributed by atoms with E-state index in [1.54, 1.807) is 0 Å². The van der Waals surface area contributed by atoms with Gasteiger partial charge in [0.05, 0.1) is 5.69 Å². The number of rotatable bonds is 1. The molecule has 0 spiro atoms. The molecule has 0 radical (unpaired) electrons. The smallest absolute Gasteiger partial charge is 0.166 e. The molecule has 2 nitrogen and oxygen atoms in total. The summed E-state index contributed by atoms with van der Waals surface area (Å²) >= 11 is 0. The summed E-state index contributed by atoms with van der Waals surface area (Å²) < 4.78 is 2.13. The van der Waals surface area contributed by atoms with Crippen LogP contribution < -0.4 is 0 Å². The Morgan fingerprint density at radius 2 is 2.45 bits per heavy atom. The number of hydrogen-bond donors (Lipinski definition) is 0. The van der Waals surface area contributed by atoms with Gasteiger partial charge in [0.1, 0.15) is 0 Å². The molecule has 1 aromatic heterocycles. The zero-order valence-electron chi connectivity index (χ0n) is 6.58. The molecule has 0 saturated carbocycles. The van der Waals surface area contributed by atoms with Crippen LogP contribution in [0.25, 0.3) is 0 Å². The van der Waals surface area contributed by atoms with Gasteiger partial charge in [0.2, 0.25) is 0 Å². The third-order valence-electron chi connectivity index (χ3n) is 2.41. The van der Waals surface area contributed by atoms with E-state index in [0.29, 0.717) is 6.04 Å². The van der Waals surface area contributed by atoms with Crippen LogP contribution in [-0.4, -0.2) is 10.9 Å². The molecule has 1 aromatic rings. The van der Waals surface area contributed by atoms with Gasteiger partial charge in [-0.25, -0.2) is 0 Å². The lowest BCUT2D eigenvalue weighted by Crippen LogP contribution is -2.02. The van der Waals surface area contributed by atoms with Crippen LogP contribution in [0.3, 0.4) is 0 Å². The SMILES string of the molecule is CC1CCc2ccc(C=O)n21. The molecular weight excluding hydrogens is 138 g/mol. The van der Waals surface area contributed by atoms with Gasteiger partial charge in [-0.2, -0.15) is 0 Å². The van der Waals surface area contributed by atoms with E-state index < -0.39 is 0 Å². The number of fused-ring (bicyclic) bond motifs is 1. The molecule has 1 atom stereocenters. The highest BCUT2D eigenvalue weighted by Gasteiger charge is 2.19. The van der Waals surface area contributed by atoms with Crippen molar-refractivity contribution in [2.75, 3.05) is 0 Å². The second-order valence-electron chi connectivity index (χ2n) is 3.13. The Balaban J connectivity index is 2.54. The van der Waals surface area contributed by atoms with Gasteiger partial charge < -0.3 is 4.57 Å². The van der Waals surface area contributed by atoms with E-state index in [9.17, 15) is 4.79 Å². The van der Waals surface area contributed by atoms with E-state index in [4.69, 9.17) is 0 Å². The summed E-state index contributed by atoms with van der Waals surface area (Å²) in [6.45, 7) is 2.16. The summed E-state index contributed by atoms with van der Waals surface area (Å²) in [6.07, 6.45) is 3.23. The van der Waals surface area contributed by atoms with E-state index >= 15 is 0 Å². The van der Waals surface area contributed by atoms with E-state index in [1.165, 1.54) is 12.1 Å². The van der Waals surface area contributed by atoms with E-state index in [1.807, 2.05) is 12.1 Å². The van der Waals surface area contributed by atoms with Crippen LogP contribution in [0.15, 0.2) is 12.1 Å². The Morgan fingerprint density at radius 1 is 1.64 bits per heavy atom. The van der Waals surface area contributed by atoms with Crippen LogP contribution in [0, 0.1) is 0 Å². The van der Waals surface area contributed by atoms with Crippen molar-refractivity contribution in [1.82, 2.24) is 4.57 Å². The maximum Gasteiger partial charge on any atom is 0.166 e. The molecule has 1 aliphatic rings. The van der Waals surface area contributed by atoms with E-state index in [0.717, 1.165) is 18.4 Å². The summed E-state index contributed by atoms with van der Waals surface area (Å²) in [5, 5.41) is 0. The molecule has 0 saturated heterocycles. The van der Waals surface area contributed by atoms with Crippen molar-refractivity contribution in [1.29, 1.82) is 0 Å². The first-order valence-electron chi connectivity index (χ1n) is 3.98. The minimum Gasteiger partial charge on any atom is -0.340 e. The fraction of sp³-hybridized carbons (Fsp3) is 0.444. The van der Waals surface area contributed by atoms with Gasteiger partial charge in [-0.05, 0) is 31.9 Å². The van der Waals surface area contributed by atoms with Crippen molar-refractivity contribution in [2.24, 2.45) is 0 Å². The second kappa shape index (κ2) is 2.22. The van der Waals surface area contributed by atoms with Gasteiger partial charge in [-0.15, -0.1) is 0 Å². The van der Waals surface area contributed by atoms with E-state index in [2.05, 4.69) is 11.5 Å². The van der Waals surface area contributed by atoms with Crippen molar-refractivity contribution in [2.45, 2.75) is 25.8 Å². The lowest BCUT2D eigenvalue weighted by Gasteiger charge is -2.07. The Labute approximate surface area is 65.8 Å². The lowest BCUT2D eigenvalue weighted by atomic mass is 10.2. The monoisotopic (exact) mass is 149 g/mol. The summed E-state index contributed by atoms with van der Waals surface area (Å²) in [5.74, 6) is 0. The van der Waals surface area contributed by atoms with Gasteiger partial charge in [-0.1, -0.05) is 0 Å². The number of hydrogen-bond acceptors (Lipinski definition) is 1. The zero-order valence-corrected chi connectivity index (χ0v) is 6.58. The molecule has 2 heteroatoms. The third-order valence-corrected chi connectivity index (χ3v) is 2.41. The molecular formula is C9H11NO. The highest BCUT2D eigenvalue weighted by atomic mass is 16.1. The molecule has 2 rings (SSSR count). The Kier molecular flexibility index (Phi) is 1.34. The van der Waals surface area contributed by atoms with Crippen molar-refractivity contribution >= 4 is 6.29 Å². The highest BCUT2D eigenvalue weighted by molar-refractivity contribution is 5.73. The Morgan fingerprint density at radius 3 is 3.18 bits per heavy atom. The van der Waals surface area contributed by atoms with Gasteiger partial charge in [-0.3, -0.25) is 4.79 Å². The summed E-state index contributed by atoms with van der Waals surface area (Å²) in [7, 11) is 0. The molecule has 1 aliphatic heterocycles. The standard InChI is InChI=1S/C9H11NO/c1-7-2-3-8-4-5-9(6-11)10(7)8/h4-7H,2-3H2,1H3. The van der Waals surface area contributed by atoms with Crippen LogP contribution in [0.4, 0.5) is 0 Å². The number of aromatic nitrogens is 1. The van der Waals surface area contributed by atoms with Gasteiger partial charge in [0.25, 0.3) is 0 Å². The number of carbonyl (C=O) groups excluding carboxylic acids is 1. The summed E-state index contributed by atoms with van der Waals surface area (Å²) in [6, 6.07) is 4.46. The van der Waals surface area contributed by atoms with Gasteiger partial charge >= 0.3 is 0 Å². The molecule has 0 amide bonds. The van der Waals surface area contributed by atoms with Crippen molar-refractivity contribution in [3.63, 3.8) is 0 Å². The van der Waals surface area contributed by atoms with Crippen LogP contribution in [0.1, 0.15) is 35.6 Å². The maximum absolute atomic E-state index is 10.6. The van der Waals surface area contributed by atoms with Crippen LogP contribution in [0.5, 0.6) is 0 Å². The molecule has 0 fully saturated rings. The van der Waals surface area contributed by atoms with E-state index in [-0.39, 0.29) is 0 Å². The maximum atomic E-state index is 10.6. The Hall–Kier alpha value is -1.05. The average Bonchev–Trinajstić information content (AvgIpc) is 2.54. The first-order chi connectivity index (χ1) is 5.33.